The molecule has 2 aliphatic rings. The lowest BCUT2D eigenvalue weighted by atomic mass is 9.54. The molecule has 3 nitrogen and oxygen atoms in total. The number of esters is 1. The molecule has 1 aliphatic heterocycles. The zero-order valence-corrected chi connectivity index (χ0v) is 14.2. The first-order chi connectivity index (χ1) is 10.4. The minimum atomic E-state index is -0.355. The van der Waals surface area contributed by atoms with Crippen molar-refractivity contribution >= 4 is 5.97 Å². The molecular weight excluding hydrogens is 276 g/mol. The van der Waals surface area contributed by atoms with Gasteiger partial charge in [-0.05, 0) is 36.0 Å². The van der Waals surface area contributed by atoms with Gasteiger partial charge in [0.25, 0.3) is 0 Å². The number of rotatable bonds is 3. The second kappa shape index (κ2) is 5.00. The normalized spacial score (nSPS) is 36.0. The van der Waals surface area contributed by atoms with Crippen LogP contribution in [0.1, 0.15) is 52.0 Å². The summed E-state index contributed by atoms with van der Waals surface area (Å²) >= 11 is 0. The molecule has 0 N–H and O–H groups in total. The summed E-state index contributed by atoms with van der Waals surface area (Å²) in [4.78, 5) is 12.5. The van der Waals surface area contributed by atoms with Crippen LogP contribution in [-0.2, 0) is 9.53 Å². The molecular formula is C19H26O3. The van der Waals surface area contributed by atoms with Crippen molar-refractivity contribution in [2.24, 2.45) is 17.3 Å². The fourth-order valence-corrected chi connectivity index (χ4v) is 4.92. The molecule has 3 rings (SSSR count). The van der Waals surface area contributed by atoms with E-state index in [4.69, 9.17) is 9.47 Å². The van der Waals surface area contributed by atoms with Gasteiger partial charge in [0, 0.05) is 11.8 Å². The second-order valence-corrected chi connectivity index (χ2v) is 7.51. The molecule has 4 atom stereocenters. The molecule has 1 saturated carbocycles. The molecule has 1 aliphatic carbocycles. The molecule has 0 amide bonds. The van der Waals surface area contributed by atoms with Crippen molar-refractivity contribution in [3.63, 3.8) is 0 Å². The predicted octanol–water partition coefficient (Wildman–Crippen LogP) is 4.17. The standard InChI is InChI=1S/C19H26O3/c1-6-19-12(2)16(17(20)22-19)18(3,4)11-15(19)13-7-9-14(21-5)10-8-13/h7-10,12,15-16H,6,11H2,1-5H3/t12-,15-,16-,19-/m1/s1. The number of hydrogen-bond acceptors (Lipinski definition) is 3. The zero-order chi connectivity index (χ0) is 16.1. The van der Waals surface area contributed by atoms with E-state index < -0.39 is 0 Å². The Kier molecular flexibility index (Phi) is 3.50. The van der Waals surface area contributed by atoms with Gasteiger partial charge in [0.15, 0.2) is 0 Å². The summed E-state index contributed by atoms with van der Waals surface area (Å²) in [6.07, 6.45) is 1.84. The molecule has 1 aromatic rings. The molecule has 0 spiro atoms. The SMILES string of the molecule is CC[C@@]12OC(=O)[C@@H]([C@H]1C)C(C)(C)C[C@@H]2c1ccc(OC)cc1. The monoisotopic (exact) mass is 302 g/mol. The summed E-state index contributed by atoms with van der Waals surface area (Å²) < 4.78 is 11.3. The Bertz CT molecular complexity index is 575. The van der Waals surface area contributed by atoms with Gasteiger partial charge in [-0.1, -0.05) is 39.8 Å². The average Bonchev–Trinajstić information content (AvgIpc) is 2.71. The Morgan fingerprint density at radius 2 is 1.91 bits per heavy atom. The predicted molar refractivity (Wildman–Crippen MR) is 85.9 cm³/mol. The van der Waals surface area contributed by atoms with Gasteiger partial charge in [0.05, 0.1) is 13.0 Å². The van der Waals surface area contributed by atoms with E-state index in [-0.39, 0.29) is 34.7 Å². The number of methoxy groups -OCH3 is 1. The first-order valence-corrected chi connectivity index (χ1v) is 8.22. The molecule has 120 valence electrons. The van der Waals surface area contributed by atoms with E-state index in [1.807, 2.05) is 12.1 Å². The molecule has 0 radical (unpaired) electrons. The van der Waals surface area contributed by atoms with E-state index >= 15 is 0 Å². The summed E-state index contributed by atoms with van der Waals surface area (Å²) in [5.41, 5.74) is 0.859. The van der Waals surface area contributed by atoms with Crippen molar-refractivity contribution in [2.75, 3.05) is 7.11 Å². The van der Waals surface area contributed by atoms with Gasteiger partial charge in [0.1, 0.15) is 11.4 Å². The topological polar surface area (TPSA) is 35.5 Å². The Morgan fingerprint density at radius 1 is 1.27 bits per heavy atom. The highest BCUT2D eigenvalue weighted by molar-refractivity contribution is 5.78. The van der Waals surface area contributed by atoms with Crippen molar-refractivity contribution in [1.82, 2.24) is 0 Å². The lowest BCUT2D eigenvalue weighted by molar-refractivity contribution is -0.152. The van der Waals surface area contributed by atoms with Gasteiger partial charge in [-0.2, -0.15) is 0 Å². The van der Waals surface area contributed by atoms with Crippen LogP contribution in [0.5, 0.6) is 5.75 Å². The number of hydrogen-bond donors (Lipinski definition) is 0. The first-order valence-electron chi connectivity index (χ1n) is 8.22. The van der Waals surface area contributed by atoms with Crippen LogP contribution >= 0.6 is 0 Å². The quantitative estimate of drug-likeness (QED) is 0.786. The number of carbonyl (C=O) groups excluding carboxylic acids is 1. The van der Waals surface area contributed by atoms with Crippen molar-refractivity contribution in [3.05, 3.63) is 29.8 Å². The van der Waals surface area contributed by atoms with Gasteiger partial charge in [-0.3, -0.25) is 4.79 Å². The average molecular weight is 302 g/mol. The number of benzene rings is 1. The lowest BCUT2D eigenvalue weighted by Gasteiger charge is -2.48. The van der Waals surface area contributed by atoms with Gasteiger partial charge in [-0.25, -0.2) is 0 Å². The Balaban J connectivity index is 2.06. The summed E-state index contributed by atoms with van der Waals surface area (Å²) in [5.74, 6) is 1.37. The molecule has 0 unspecified atom stereocenters. The van der Waals surface area contributed by atoms with E-state index in [9.17, 15) is 4.79 Å². The molecule has 1 heterocycles. The van der Waals surface area contributed by atoms with Crippen LogP contribution in [0.25, 0.3) is 0 Å². The molecule has 2 bridgehead atoms. The summed E-state index contributed by atoms with van der Waals surface area (Å²) in [6, 6.07) is 8.24. The van der Waals surface area contributed by atoms with Crippen LogP contribution < -0.4 is 4.74 Å². The van der Waals surface area contributed by atoms with Crippen molar-refractivity contribution in [3.8, 4) is 5.75 Å². The van der Waals surface area contributed by atoms with Gasteiger partial charge >= 0.3 is 5.97 Å². The van der Waals surface area contributed by atoms with Crippen molar-refractivity contribution < 1.29 is 14.3 Å². The van der Waals surface area contributed by atoms with Gasteiger partial charge < -0.3 is 9.47 Å². The lowest BCUT2D eigenvalue weighted by Crippen LogP contribution is -2.49. The fourth-order valence-electron chi connectivity index (χ4n) is 4.92. The van der Waals surface area contributed by atoms with Crippen LogP contribution in [0.3, 0.4) is 0 Å². The first kappa shape index (κ1) is 15.4. The fraction of sp³-hybridized carbons (Fsp3) is 0.632. The van der Waals surface area contributed by atoms with Gasteiger partial charge in [0.2, 0.25) is 0 Å². The Labute approximate surface area is 133 Å². The van der Waals surface area contributed by atoms with Crippen LogP contribution in [0.15, 0.2) is 24.3 Å². The van der Waals surface area contributed by atoms with Crippen LogP contribution in [0.2, 0.25) is 0 Å². The maximum atomic E-state index is 12.5. The number of ether oxygens (including phenoxy) is 2. The highest BCUT2D eigenvalue weighted by atomic mass is 16.6. The van der Waals surface area contributed by atoms with E-state index in [0.717, 1.165) is 18.6 Å². The van der Waals surface area contributed by atoms with E-state index in [1.165, 1.54) is 5.56 Å². The number of fused-ring (bicyclic) bond motifs is 2. The minimum Gasteiger partial charge on any atom is -0.497 e. The molecule has 1 aromatic carbocycles. The smallest absolute Gasteiger partial charge is 0.310 e. The zero-order valence-electron chi connectivity index (χ0n) is 14.2. The molecule has 1 saturated heterocycles. The van der Waals surface area contributed by atoms with E-state index in [0.29, 0.717) is 0 Å². The van der Waals surface area contributed by atoms with Crippen LogP contribution in [-0.4, -0.2) is 18.7 Å². The van der Waals surface area contributed by atoms with Crippen LogP contribution in [0.4, 0.5) is 0 Å². The van der Waals surface area contributed by atoms with Crippen molar-refractivity contribution in [1.29, 1.82) is 0 Å². The maximum Gasteiger partial charge on any atom is 0.310 e. The van der Waals surface area contributed by atoms with Gasteiger partial charge in [-0.15, -0.1) is 0 Å². The molecule has 0 aromatic heterocycles. The third kappa shape index (κ3) is 1.98. The minimum absolute atomic E-state index is 0.00429. The largest absolute Gasteiger partial charge is 0.497 e. The van der Waals surface area contributed by atoms with E-state index in [1.54, 1.807) is 7.11 Å². The summed E-state index contributed by atoms with van der Waals surface area (Å²) in [7, 11) is 1.68. The summed E-state index contributed by atoms with van der Waals surface area (Å²) in [6.45, 7) is 8.74. The third-order valence-electron chi connectivity index (χ3n) is 6.05. The second-order valence-electron chi connectivity index (χ2n) is 7.51. The molecule has 22 heavy (non-hydrogen) atoms. The third-order valence-corrected chi connectivity index (χ3v) is 6.05. The number of carbonyl (C=O) groups is 1. The molecule has 3 heteroatoms. The Hall–Kier alpha value is -1.51. The molecule has 2 fully saturated rings. The highest BCUT2D eigenvalue weighted by Gasteiger charge is 2.65. The summed E-state index contributed by atoms with van der Waals surface area (Å²) in [5, 5.41) is 0. The maximum absolute atomic E-state index is 12.5. The highest BCUT2D eigenvalue weighted by Crippen LogP contribution is 2.62. The van der Waals surface area contributed by atoms with Crippen molar-refractivity contribution in [2.45, 2.75) is 52.1 Å². The Morgan fingerprint density at radius 3 is 2.45 bits per heavy atom. The van der Waals surface area contributed by atoms with Crippen LogP contribution in [0, 0.1) is 17.3 Å². The van der Waals surface area contributed by atoms with E-state index in [2.05, 4.69) is 39.8 Å².